The number of hydrogen-bond acceptors (Lipinski definition) is 2. The average Bonchev–Trinajstić information content (AvgIpc) is 2.02. The Kier molecular flexibility index (Phi) is 4.73. The quantitative estimate of drug-likeness (QED) is 0.619. The second-order valence-corrected chi connectivity index (χ2v) is 2.43. The van der Waals surface area contributed by atoms with Gasteiger partial charge in [0.05, 0.1) is 12.4 Å². The molecule has 3 nitrogen and oxygen atoms in total. The molecule has 0 heterocycles. The molecular formula is C6H8ClF2NO2. The second-order valence-electron chi connectivity index (χ2n) is 2.17. The standard InChI is InChI=1S/C6H8ClF2NO2/c1-10(3-4(11)2-7)6(12)5(8)9/h5H,2-3H2,1H3. The molecule has 0 spiro atoms. The maximum absolute atomic E-state index is 11.7. The summed E-state index contributed by atoms with van der Waals surface area (Å²) in [5, 5.41) is 0. The highest BCUT2D eigenvalue weighted by Gasteiger charge is 2.21. The molecule has 1 amide bonds. The number of hydrogen-bond donors (Lipinski definition) is 0. The van der Waals surface area contributed by atoms with Gasteiger partial charge in [-0.25, -0.2) is 0 Å². The van der Waals surface area contributed by atoms with Crippen LogP contribution in [-0.4, -0.2) is 42.5 Å². The molecule has 0 N–H and O–H groups in total. The highest BCUT2D eigenvalue weighted by atomic mass is 35.5. The number of carbonyl (C=O) groups is 2. The van der Waals surface area contributed by atoms with Gasteiger partial charge in [0.2, 0.25) is 0 Å². The lowest BCUT2D eigenvalue weighted by molar-refractivity contribution is -0.143. The van der Waals surface area contributed by atoms with E-state index >= 15 is 0 Å². The molecule has 6 heteroatoms. The van der Waals surface area contributed by atoms with Crippen molar-refractivity contribution in [3.05, 3.63) is 0 Å². The van der Waals surface area contributed by atoms with E-state index in [2.05, 4.69) is 0 Å². The van der Waals surface area contributed by atoms with Crippen LogP contribution in [0.3, 0.4) is 0 Å². The molecule has 0 aliphatic carbocycles. The number of rotatable bonds is 4. The zero-order valence-corrected chi connectivity index (χ0v) is 7.15. The maximum atomic E-state index is 11.7. The summed E-state index contributed by atoms with van der Waals surface area (Å²) in [5.74, 6) is -2.11. The largest absolute Gasteiger partial charge is 0.333 e. The van der Waals surface area contributed by atoms with Crippen LogP contribution in [0.1, 0.15) is 0 Å². The average molecular weight is 200 g/mol. The summed E-state index contributed by atoms with van der Waals surface area (Å²) in [6.07, 6.45) is -3.07. The molecular weight excluding hydrogens is 192 g/mol. The molecule has 70 valence electrons. The summed E-state index contributed by atoms with van der Waals surface area (Å²) < 4.78 is 23.4. The third kappa shape index (κ3) is 3.61. The number of amides is 1. The minimum absolute atomic E-state index is 0.277. The number of carbonyl (C=O) groups excluding carboxylic acids is 2. The van der Waals surface area contributed by atoms with Crippen LogP contribution in [-0.2, 0) is 9.59 Å². The van der Waals surface area contributed by atoms with E-state index in [1.54, 1.807) is 0 Å². The normalized spacial score (nSPS) is 10.1. The molecule has 0 radical (unpaired) electrons. The molecule has 0 saturated heterocycles. The molecule has 0 aromatic carbocycles. The first kappa shape index (κ1) is 11.3. The van der Waals surface area contributed by atoms with Gasteiger partial charge in [0.1, 0.15) is 0 Å². The molecule has 0 aliphatic heterocycles. The Balaban J connectivity index is 3.95. The van der Waals surface area contributed by atoms with Crippen molar-refractivity contribution in [2.45, 2.75) is 6.43 Å². The summed E-state index contributed by atoms with van der Waals surface area (Å²) in [4.78, 5) is 21.7. The van der Waals surface area contributed by atoms with Crippen LogP contribution in [0.15, 0.2) is 0 Å². The van der Waals surface area contributed by atoms with E-state index < -0.39 is 18.1 Å². The Hall–Kier alpha value is -0.710. The zero-order valence-electron chi connectivity index (χ0n) is 6.39. The van der Waals surface area contributed by atoms with Crippen LogP contribution in [0, 0.1) is 0 Å². The SMILES string of the molecule is CN(CC(=O)CCl)C(=O)C(F)F. The van der Waals surface area contributed by atoms with Crippen molar-refractivity contribution in [1.82, 2.24) is 4.90 Å². The summed E-state index contributed by atoms with van der Waals surface area (Å²) in [6, 6.07) is 0. The third-order valence-corrected chi connectivity index (χ3v) is 1.42. The van der Waals surface area contributed by atoms with Crippen molar-refractivity contribution in [2.75, 3.05) is 19.5 Å². The van der Waals surface area contributed by atoms with E-state index in [-0.39, 0.29) is 12.4 Å². The molecule has 0 aliphatic rings. The molecule has 0 bridgehead atoms. The Labute approximate surface area is 73.3 Å². The van der Waals surface area contributed by atoms with Crippen molar-refractivity contribution < 1.29 is 18.4 Å². The van der Waals surface area contributed by atoms with Crippen molar-refractivity contribution in [3.8, 4) is 0 Å². The number of likely N-dealkylation sites (N-methyl/N-ethyl adjacent to an activating group) is 1. The number of halogens is 3. The lowest BCUT2D eigenvalue weighted by Gasteiger charge is -2.14. The van der Waals surface area contributed by atoms with Crippen molar-refractivity contribution in [1.29, 1.82) is 0 Å². The molecule has 0 atom stereocenters. The van der Waals surface area contributed by atoms with Gasteiger partial charge in [-0.2, -0.15) is 8.78 Å². The summed E-state index contributed by atoms with van der Waals surface area (Å²) in [5.41, 5.74) is 0. The molecule has 0 aromatic heterocycles. The van der Waals surface area contributed by atoms with E-state index in [1.165, 1.54) is 0 Å². The van der Waals surface area contributed by atoms with Gasteiger partial charge in [-0.1, -0.05) is 0 Å². The van der Waals surface area contributed by atoms with Crippen LogP contribution in [0.2, 0.25) is 0 Å². The Bertz CT molecular complexity index is 186. The van der Waals surface area contributed by atoms with Gasteiger partial charge in [-0.15, -0.1) is 11.6 Å². The van der Waals surface area contributed by atoms with Crippen LogP contribution < -0.4 is 0 Å². The van der Waals surface area contributed by atoms with E-state index in [9.17, 15) is 18.4 Å². The second kappa shape index (κ2) is 5.03. The fourth-order valence-corrected chi connectivity index (χ4v) is 0.636. The minimum atomic E-state index is -3.07. The molecule has 12 heavy (non-hydrogen) atoms. The van der Waals surface area contributed by atoms with Gasteiger partial charge in [-0.3, -0.25) is 9.59 Å². The maximum Gasteiger partial charge on any atom is 0.315 e. The van der Waals surface area contributed by atoms with Gasteiger partial charge in [0.15, 0.2) is 5.78 Å². The number of nitrogens with zero attached hydrogens (tertiary/aromatic N) is 1. The Morgan fingerprint density at radius 3 is 2.33 bits per heavy atom. The number of Topliss-reactive ketones (excluding diaryl/α,β-unsaturated/α-hetero) is 1. The van der Waals surface area contributed by atoms with Crippen molar-refractivity contribution >= 4 is 23.3 Å². The van der Waals surface area contributed by atoms with Gasteiger partial charge >= 0.3 is 6.43 Å². The fraction of sp³-hybridized carbons (Fsp3) is 0.667. The Morgan fingerprint density at radius 2 is 2.00 bits per heavy atom. The molecule has 0 fully saturated rings. The van der Waals surface area contributed by atoms with Crippen molar-refractivity contribution in [2.24, 2.45) is 0 Å². The lowest BCUT2D eigenvalue weighted by Crippen LogP contribution is -2.36. The molecule has 0 saturated carbocycles. The highest BCUT2D eigenvalue weighted by Crippen LogP contribution is 1.98. The first-order valence-corrected chi connectivity index (χ1v) is 3.63. The van der Waals surface area contributed by atoms with Crippen LogP contribution in [0.25, 0.3) is 0 Å². The van der Waals surface area contributed by atoms with E-state index in [4.69, 9.17) is 11.6 Å². The summed E-state index contributed by atoms with van der Waals surface area (Å²) >= 11 is 5.11. The third-order valence-electron chi connectivity index (χ3n) is 1.13. The van der Waals surface area contributed by atoms with Gasteiger partial charge < -0.3 is 4.90 Å². The topological polar surface area (TPSA) is 37.4 Å². The Morgan fingerprint density at radius 1 is 1.50 bits per heavy atom. The van der Waals surface area contributed by atoms with E-state index in [1.807, 2.05) is 0 Å². The lowest BCUT2D eigenvalue weighted by atomic mass is 10.4. The van der Waals surface area contributed by atoms with Gasteiger partial charge in [0, 0.05) is 7.05 Å². The zero-order chi connectivity index (χ0) is 9.72. The number of alkyl halides is 3. The fourth-order valence-electron chi connectivity index (χ4n) is 0.551. The molecule has 0 unspecified atom stereocenters. The summed E-state index contributed by atoms with van der Waals surface area (Å²) in [6.45, 7) is -0.368. The van der Waals surface area contributed by atoms with E-state index in [0.29, 0.717) is 4.90 Å². The first-order valence-electron chi connectivity index (χ1n) is 3.09. The minimum Gasteiger partial charge on any atom is -0.333 e. The molecule has 0 aromatic rings. The predicted octanol–water partition coefficient (Wildman–Crippen LogP) is 0.518. The van der Waals surface area contributed by atoms with Gasteiger partial charge in [0.25, 0.3) is 5.91 Å². The predicted molar refractivity (Wildman–Crippen MR) is 39.4 cm³/mol. The van der Waals surface area contributed by atoms with Crippen LogP contribution in [0.4, 0.5) is 8.78 Å². The number of ketones is 1. The van der Waals surface area contributed by atoms with Gasteiger partial charge in [-0.05, 0) is 0 Å². The highest BCUT2D eigenvalue weighted by molar-refractivity contribution is 6.28. The van der Waals surface area contributed by atoms with E-state index in [0.717, 1.165) is 7.05 Å². The van der Waals surface area contributed by atoms with Crippen LogP contribution >= 0.6 is 11.6 Å². The monoisotopic (exact) mass is 199 g/mol. The smallest absolute Gasteiger partial charge is 0.315 e. The van der Waals surface area contributed by atoms with Crippen LogP contribution in [0.5, 0.6) is 0 Å². The first-order chi connectivity index (χ1) is 5.49. The van der Waals surface area contributed by atoms with Crippen molar-refractivity contribution in [3.63, 3.8) is 0 Å². The molecule has 0 rings (SSSR count). The summed E-state index contributed by atoms with van der Waals surface area (Å²) in [7, 11) is 1.12.